The van der Waals surface area contributed by atoms with Crippen molar-refractivity contribution in [1.82, 2.24) is 0 Å². The van der Waals surface area contributed by atoms with Crippen molar-refractivity contribution in [2.45, 2.75) is 38.3 Å². The van der Waals surface area contributed by atoms with Crippen molar-refractivity contribution in [2.24, 2.45) is 0 Å². The van der Waals surface area contributed by atoms with Crippen molar-refractivity contribution in [3.05, 3.63) is 0 Å². The maximum atomic E-state index is 11.0. The molecule has 0 aliphatic rings. The van der Waals surface area contributed by atoms with Gasteiger partial charge in [0.05, 0.1) is 6.61 Å². The van der Waals surface area contributed by atoms with Gasteiger partial charge in [-0.3, -0.25) is 9.59 Å². The third kappa shape index (κ3) is 6.80. The Morgan fingerprint density at radius 2 is 1.65 bits per heavy atom. The fraction of sp³-hybridized carbons (Fsp3) is 0.833. The van der Waals surface area contributed by atoms with Gasteiger partial charge in [-0.15, -0.1) is 0 Å². The number of carbonyl (C=O) groups is 2. The maximum Gasteiger partial charge on any atom is 0.303 e. The first-order valence-corrected chi connectivity index (χ1v) is 6.01. The number of carbonyl (C=O) groups excluding carboxylic acids is 2. The van der Waals surface area contributed by atoms with Crippen LogP contribution in [0.1, 0.15) is 13.8 Å². The normalized spacial score (nSPS) is 16.9. The molecular weight excluding hydrogens is 272 g/mol. The predicted octanol–water partition coefficient (Wildman–Crippen LogP) is -1.14. The number of aliphatic hydroxyl groups is 2. The van der Waals surface area contributed by atoms with Gasteiger partial charge in [0.15, 0.2) is 6.10 Å². The second kappa shape index (κ2) is 9.65. The van der Waals surface area contributed by atoms with Gasteiger partial charge < -0.3 is 29.2 Å². The van der Waals surface area contributed by atoms with E-state index in [-0.39, 0.29) is 6.61 Å². The molecule has 0 spiro atoms. The van der Waals surface area contributed by atoms with E-state index < -0.39 is 43.0 Å². The van der Waals surface area contributed by atoms with E-state index in [4.69, 9.17) is 14.2 Å². The van der Waals surface area contributed by atoms with E-state index in [1.807, 2.05) is 0 Å². The molecule has 0 bridgehead atoms. The molecule has 2 N–H and O–H groups in total. The second-order valence-corrected chi connectivity index (χ2v) is 4.16. The van der Waals surface area contributed by atoms with Crippen LogP contribution in [0.15, 0.2) is 0 Å². The van der Waals surface area contributed by atoms with Crippen LogP contribution in [0.4, 0.5) is 0 Å². The Labute approximate surface area is 117 Å². The van der Waals surface area contributed by atoms with Gasteiger partial charge in [-0.1, -0.05) is 0 Å². The molecule has 20 heavy (non-hydrogen) atoms. The number of methoxy groups -OCH3 is 2. The van der Waals surface area contributed by atoms with Crippen molar-refractivity contribution in [1.29, 1.82) is 0 Å². The standard InChI is InChI=1S/C12H22O8/c1-7(13)19-5-9(15)11(16)12(18-4)10(6-17-3)20-8(2)14/h9-12,15-16H,5-6H2,1-4H3/t9-,10-,11+,12-/m0/s1. The van der Waals surface area contributed by atoms with Crippen LogP contribution in [-0.4, -0.2) is 74.0 Å². The Hall–Kier alpha value is -1.22. The fourth-order valence-electron chi connectivity index (χ4n) is 1.60. The molecule has 0 aliphatic heterocycles. The molecule has 0 heterocycles. The monoisotopic (exact) mass is 294 g/mol. The molecule has 0 saturated carbocycles. The zero-order valence-corrected chi connectivity index (χ0v) is 12.1. The van der Waals surface area contributed by atoms with Crippen LogP contribution < -0.4 is 0 Å². The Bertz CT molecular complexity index is 306. The summed E-state index contributed by atoms with van der Waals surface area (Å²) >= 11 is 0. The SMILES string of the molecule is COC[C@H](OC(C)=O)[C@H](OC)[C@H](O)[C@@H](O)COC(C)=O. The quantitative estimate of drug-likeness (QED) is 0.514. The number of ether oxygens (including phenoxy) is 4. The highest BCUT2D eigenvalue weighted by molar-refractivity contribution is 5.66. The van der Waals surface area contributed by atoms with Crippen LogP contribution >= 0.6 is 0 Å². The van der Waals surface area contributed by atoms with E-state index in [0.29, 0.717) is 0 Å². The number of rotatable bonds is 9. The first kappa shape index (κ1) is 18.8. The van der Waals surface area contributed by atoms with E-state index in [1.54, 1.807) is 0 Å². The summed E-state index contributed by atoms with van der Waals surface area (Å²) < 4.78 is 19.5. The van der Waals surface area contributed by atoms with E-state index in [0.717, 1.165) is 0 Å². The van der Waals surface area contributed by atoms with Gasteiger partial charge in [-0.05, 0) is 0 Å². The van der Waals surface area contributed by atoms with Gasteiger partial charge in [0.1, 0.15) is 24.9 Å². The lowest BCUT2D eigenvalue weighted by Gasteiger charge is -2.31. The zero-order valence-electron chi connectivity index (χ0n) is 12.1. The highest BCUT2D eigenvalue weighted by atomic mass is 16.6. The Balaban J connectivity index is 4.72. The molecule has 0 aromatic heterocycles. The largest absolute Gasteiger partial charge is 0.463 e. The molecule has 0 unspecified atom stereocenters. The second-order valence-electron chi connectivity index (χ2n) is 4.16. The smallest absolute Gasteiger partial charge is 0.303 e. The summed E-state index contributed by atoms with van der Waals surface area (Å²) in [7, 11) is 2.68. The van der Waals surface area contributed by atoms with Crippen LogP contribution in [-0.2, 0) is 28.5 Å². The first-order valence-electron chi connectivity index (χ1n) is 6.01. The molecule has 4 atom stereocenters. The number of hydrogen-bond donors (Lipinski definition) is 2. The molecule has 118 valence electrons. The Morgan fingerprint density at radius 1 is 1.05 bits per heavy atom. The minimum absolute atomic E-state index is 0.0184. The fourth-order valence-corrected chi connectivity index (χ4v) is 1.60. The summed E-state index contributed by atoms with van der Waals surface area (Å²) in [5, 5.41) is 19.7. The lowest BCUT2D eigenvalue weighted by Crippen LogP contribution is -2.50. The number of esters is 2. The zero-order chi connectivity index (χ0) is 15.7. The van der Waals surface area contributed by atoms with Gasteiger partial charge in [-0.2, -0.15) is 0 Å². The van der Waals surface area contributed by atoms with E-state index >= 15 is 0 Å². The molecule has 0 saturated heterocycles. The average Bonchev–Trinajstić information content (AvgIpc) is 2.36. The molecular formula is C12H22O8. The summed E-state index contributed by atoms with van der Waals surface area (Å²) in [6.07, 6.45) is -4.72. The third-order valence-corrected chi connectivity index (χ3v) is 2.48. The van der Waals surface area contributed by atoms with Crippen LogP contribution in [0.5, 0.6) is 0 Å². The highest BCUT2D eigenvalue weighted by Crippen LogP contribution is 2.13. The minimum Gasteiger partial charge on any atom is -0.463 e. The van der Waals surface area contributed by atoms with Crippen LogP contribution in [0.2, 0.25) is 0 Å². The Morgan fingerprint density at radius 3 is 2.05 bits per heavy atom. The predicted molar refractivity (Wildman–Crippen MR) is 66.9 cm³/mol. The summed E-state index contributed by atoms with van der Waals surface area (Å²) in [6, 6.07) is 0. The lowest BCUT2D eigenvalue weighted by molar-refractivity contribution is -0.177. The van der Waals surface area contributed by atoms with Gasteiger partial charge in [0.2, 0.25) is 0 Å². The van der Waals surface area contributed by atoms with E-state index in [1.165, 1.54) is 28.1 Å². The molecule has 0 aromatic rings. The molecule has 0 radical (unpaired) electrons. The molecule has 0 aliphatic carbocycles. The molecule has 8 nitrogen and oxygen atoms in total. The Kier molecular flexibility index (Phi) is 9.06. The minimum atomic E-state index is -1.42. The molecule has 8 heteroatoms. The van der Waals surface area contributed by atoms with Gasteiger partial charge in [0, 0.05) is 28.1 Å². The van der Waals surface area contributed by atoms with Crippen molar-refractivity contribution >= 4 is 11.9 Å². The first-order chi connectivity index (χ1) is 9.33. The number of hydrogen-bond acceptors (Lipinski definition) is 8. The van der Waals surface area contributed by atoms with Crippen molar-refractivity contribution < 1.29 is 38.7 Å². The third-order valence-electron chi connectivity index (χ3n) is 2.48. The van der Waals surface area contributed by atoms with E-state index in [2.05, 4.69) is 4.74 Å². The van der Waals surface area contributed by atoms with Gasteiger partial charge in [-0.25, -0.2) is 0 Å². The summed E-state index contributed by atoms with van der Waals surface area (Å²) in [6.45, 7) is 1.97. The maximum absolute atomic E-state index is 11.0. The van der Waals surface area contributed by atoms with Gasteiger partial charge in [0.25, 0.3) is 0 Å². The highest BCUT2D eigenvalue weighted by Gasteiger charge is 2.35. The van der Waals surface area contributed by atoms with Crippen LogP contribution in [0.3, 0.4) is 0 Å². The number of aliphatic hydroxyl groups excluding tert-OH is 2. The van der Waals surface area contributed by atoms with Crippen molar-refractivity contribution in [2.75, 3.05) is 27.4 Å². The van der Waals surface area contributed by atoms with E-state index in [9.17, 15) is 19.8 Å². The van der Waals surface area contributed by atoms with Gasteiger partial charge >= 0.3 is 11.9 Å². The van der Waals surface area contributed by atoms with Crippen LogP contribution in [0.25, 0.3) is 0 Å². The van der Waals surface area contributed by atoms with Crippen molar-refractivity contribution in [3.63, 3.8) is 0 Å². The lowest BCUT2D eigenvalue weighted by atomic mass is 10.0. The summed E-state index contributed by atoms with van der Waals surface area (Å²) in [5.74, 6) is -1.16. The van der Waals surface area contributed by atoms with Crippen LogP contribution in [0, 0.1) is 0 Å². The molecule has 0 fully saturated rings. The average molecular weight is 294 g/mol. The summed E-state index contributed by atoms with van der Waals surface area (Å²) in [4.78, 5) is 21.7. The molecule has 0 rings (SSSR count). The topological polar surface area (TPSA) is 112 Å². The summed E-state index contributed by atoms with van der Waals surface area (Å²) in [5.41, 5.74) is 0. The van der Waals surface area contributed by atoms with Crippen molar-refractivity contribution in [3.8, 4) is 0 Å². The molecule has 0 aromatic carbocycles. The molecule has 0 amide bonds.